The van der Waals surface area contributed by atoms with E-state index in [4.69, 9.17) is 0 Å². The third-order valence-electron chi connectivity index (χ3n) is 1.87. The lowest BCUT2D eigenvalue weighted by atomic mass is 9.95. The Hall–Kier alpha value is 0.620. The summed E-state index contributed by atoms with van der Waals surface area (Å²) in [6.07, 6.45) is 0.165. The number of aliphatic hydroxyl groups excluding tert-OH is 2. The van der Waals surface area contributed by atoms with Crippen molar-refractivity contribution in [3.63, 3.8) is 0 Å². The molecule has 2 nitrogen and oxygen atoms in total. The Kier molecular flexibility index (Phi) is 3.55. The Labute approximate surface area is 82.6 Å². The van der Waals surface area contributed by atoms with E-state index in [1.165, 1.54) is 0 Å². The van der Waals surface area contributed by atoms with Crippen molar-refractivity contribution in [2.45, 2.75) is 25.0 Å². The van der Waals surface area contributed by atoms with Gasteiger partial charge in [0.1, 0.15) is 6.10 Å². The first-order chi connectivity index (χ1) is 5.16. The summed E-state index contributed by atoms with van der Waals surface area (Å²) in [4.78, 5) is 0. The molecule has 0 saturated carbocycles. The lowest BCUT2D eigenvalue weighted by Gasteiger charge is -2.25. The number of halogens is 2. The van der Waals surface area contributed by atoms with Gasteiger partial charge in [-0.05, 0) is 22.9 Å². The second-order valence-electron chi connectivity index (χ2n) is 2.61. The molecule has 0 heterocycles. The van der Waals surface area contributed by atoms with Gasteiger partial charge in [-0.25, -0.2) is 0 Å². The smallest absolute Gasteiger partial charge is 0.103 e. The second-order valence-corrected chi connectivity index (χ2v) is 4.13. The third kappa shape index (κ3) is 2.05. The molecule has 64 valence electrons. The molecule has 0 aromatic heterocycles. The average Bonchev–Trinajstić information content (AvgIpc) is 1.99. The molecule has 1 rings (SSSR count). The second kappa shape index (κ2) is 4.03. The first-order valence-electron chi connectivity index (χ1n) is 3.46. The maximum atomic E-state index is 9.44. The third-order valence-corrected chi connectivity index (χ3v) is 3.38. The highest BCUT2D eigenvalue weighted by molar-refractivity contribution is 9.12. The van der Waals surface area contributed by atoms with Crippen molar-refractivity contribution in [2.75, 3.05) is 5.33 Å². The summed E-state index contributed by atoms with van der Waals surface area (Å²) in [6, 6.07) is 0. The summed E-state index contributed by atoms with van der Waals surface area (Å²) in [5.74, 6) is 0. The van der Waals surface area contributed by atoms with Crippen molar-refractivity contribution in [1.82, 2.24) is 0 Å². The van der Waals surface area contributed by atoms with Crippen LogP contribution in [0.25, 0.3) is 0 Å². The van der Waals surface area contributed by atoms with Crippen LogP contribution in [-0.4, -0.2) is 27.8 Å². The summed E-state index contributed by atoms with van der Waals surface area (Å²) in [6.45, 7) is 0. The van der Waals surface area contributed by atoms with Crippen molar-refractivity contribution in [3.05, 3.63) is 10.1 Å². The van der Waals surface area contributed by atoms with E-state index in [1.807, 2.05) is 0 Å². The van der Waals surface area contributed by atoms with Gasteiger partial charge in [-0.3, -0.25) is 0 Å². The Morgan fingerprint density at radius 1 is 1.45 bits per heavy atom. The van der Waals surface area contributed by atoms with Gasteiger partial charge in [0.2, 0.25) is 0 Å². The minimum atomic E-state index is -0.697. The Bertz CT molecular complexity index is 179. The van der Waals surface area contributed by atoms with Gasteiger partial charge in [-0.15, -0.1) is 0 Å². The molecule has 1 aliphatic carbocycles. The van der Waals surface area contributed by atoms with Crippen LogP contribution in [0.5, 0.6) is 0 Å². The molecule has 0 bridgehead atoms. The fourth-order valence-electron chi connectivity index (χ4n) is 1.14. The van der Waals surface area contributed by atoms with Gasteiger partial charge in [-0.1, -0.05) is 31.9 Å². The molecule has 0 saturated heterocycles. The molecule has 2 N–H and O–H groups in total. The summed E-state index contributed by atoms with van der Waals surface area (Å²) in [7, 11) is 0. The molecule has 0 aliphatic heterocycles. The number of allylic oxidation sites excluding steroid dienone is 1. The first kappa shape index (κ1) is 9.71. The van der Waals surface area contributed by atoms with Crippen LogP contribution in [0, 0.1) is 0 Å². The number of hydrogen-bond donors (Lipinski definition) is 2. The lowest BCUT2D eigenvalue weighted by Crippen LogP contribution is -2.32. The fourth-order valence-corrected chi connectivity index (χ4v) is 2.79. The topological polar surface area (TPSA) is 40.5 Å². The number of aliphatic hydroxyl groups is 2. The summed E-state index contributed by atoms with van der Waals surface area (Å²) in [5, 5.41) is 19.3. The predicted octanol–water partition coefficient (Wildman–Crippen LogP) is 1.55. The summed E-state index contributed by atoms with van der Waals surface area (Å²) in [5.41, 5.74) is 0.865. The van der Waals surface area contributed by atoms with Crippen LogP contribution in [0.4, 0.5) is 0 Å². The van der Waals surface area contributed by atoms with Crippen LogP contribution in [0.2, 0.25) is 0 Å². The van der Waals surface area contributed by atoms with Gasteiger partial charge in [-0.2, -0.15) is 0 Å². The molecule has 11 heavy (non-hydrogen) atoms. The molecular formula is C7H10Br2O2. The monoisotopic (exact) mass is 284 g/mol. The molecule has 0 radical (unpaired) electrons. The van der Waals surface area contributed by atoms with Gasteiger partial charge < -0.3 is 10.2 Å². The molecule has 0 amide bonds. The summed E-state index contributed by atoms with van der Waals surface area (Å²) >= 11 is 6.62. The van der Waals surface area contributed by atoms with Crippen LogP contribution in [-0.2, 0) is 0 Å². The van der Waals surface area contributed by atoms with Gasteiger partial charge in [0, 0.05) is 5.33 Å². The average molecular weight is 286 g/mol. The normalized spacial score (nSPS) is 32.7. The first-order valence-corrected chi connectivity index (χ1v) is 5.37. The van der Waals surface area contributed by atoms with E-state index in [9.17, 15) is 10.2 Å². The quantitative estimate of drug-likeness (QED) is 0.718. The van der Waals surface area contributed by atoms with Crippen LogP contribution in [0.15, 0.2) is 10.1 Å². The van der Waals surface area contributed by atoms with Crippen molar-refractivity contribution < 1.29 is 10.2 Å². The van der Waals surface area contributed by atoms with Gasteiger partial charge >= 0.3 is 0 Å². The zero-order chi connectivity index (χ0) is 8.43. The van der Waals surface area contributed by atoms with Gasteiger partial charge in [0.15, 0.2) is 0 Å². The van der Waals surface area contributed by atoms with Crippen molar-refractivity contribution >= 4 is 31.9 Å². The molecule has 0 aromatic carbocycles. The van der Waals surface area contributed by atoms with E-state index in [0.29, 0.717) is 11.8 Å². The number of hydrogen-bond acceptors (Lipinski definition) is 2. The minimum absolute atomic E-state index is 0.594. The molecule has 0 unspecified atom stereocenters. The van der Waals surface area contributed by atoms with Crippen molar-refractivity contribution in [1.29, 1.82) is 0 Å². The van der Waals surface area contributed by atoms with Crippen LogP contribution < -0.4 is 0 Å². The molecule has 4 heteroatoms. The van der Waals surface area contributed by atoms with E-state index in [2.05, 4.69) is 31.9 Å². The van der Waals surface area contributed by atoms with Crippen LogP contribution in [0.1, 0.15) is 12.8 Å². The van der Waals surface area contributed by atoms with E-state index < -0.39 is 12.2 Å². The Balaban J connectivity index is 2.80. The largest absolute Gasteiger partial charge is 0.390 e. The Morgan fingerprint density at radius 3 is 2.55 bits per heavy atom. The van der Waals surface area contributed by atoms with Crippen molar-refractivity contribution in [3.8, 4) is 0 Å². The molecule has 0 spiro atoms. The molecule has 1 aliphatic rings. The van der Waals surface area contributed by atoms with E-state index >= 15 is 0 Å². The number of alkyl halides is 1. The fraction of sp³-hybridized carbons (Fsp3) is 0.714. The Morgan fingerprint density at radius 2 is 2.09 bits per heavy atom. The molecule has 0 aromatic rings. The maximum absolute atomic E-state index is 9.44. The summed E-state index contributed by atoms with van der Waals surface area (Å²) < 4.78 is 1.02. The maximum Gasteiger partial charge on any atom is 0.103 e. The molecular weight excluding hydrogens is 276 g/mol. The predicted molar refractivity (Wildman–Crippen MR) is 51.0 cm³/mol. The standard InChI is InChI=1S/C7H10Br2O2/c8-3-4-5(9)1-2-6(10)7(4)11/h6-7,10-11H,1-3H2/t6-,7+/m0/s1. The highest BCUT2D eigenvalue weighted by Crippen LogP contribution is 2.30. The number of rotatable bonds is 1. The highest BCUT2D eigenvalue weighted by Gasteiger charge is 2.26. The lowest BCUT2D eigenvalue weighted by molar-refractivity contribution is 0.0315. The molecule has 2 atom stereocenters. The van der Waals surface area contributed by atoms with Gasteiger partial charge in [0.05, 0.1) is 6.10 Å². The van der Waals surface area contributed by atoms with Crippen molar-refractivity contribution in [2.24, 2.45) is 0 Å². The van der Waals surface area contributed by atoms with Crippen LogP contribution >= 0.6 is 31.9 Å². The highest BCUT2D eigenvalue weighted by atomic mass is 79.9. The molecule has 0 fully saturated rings. The van der Waals surface area contributed by atoms with E-state index in [0.717, 1.165) is 16.5 Å². The van der Waals surface area contributed by atoms with Gasteiger partial charge in [0.25, 0.3) is 0 Å². The van der Waals surface area contributed by atoms with E-state index in [1.54, 1.807) is 0 Å². The SMILES string of the molecule is O[C@@H]1C(CBr)=C(Br)CC[C@@H]1O. The zero-order valence-electron chi connectivity index (χ0n) is 5.93. The van der Waals surface area contributed by atoms with E-state index in [-0.39, 0.29) is 0 Å². The minimum Gasteiger partial charge on any atom is -0.390 e. The van der Waals surface area contributed by atoms with Crippen LogP contribution in [0.3, 0.4) is 0 Å². The zero-order valence-corrected chi connectivity index (χ0v) is 9.10.